The lowest BCUT2D eigenvalue weighted by Crippen LogP contribution is -1.87. The van der Waals surface area contributed by atoms with Crippen LogP contribution in [0.25, 0.3) is 11.3 Å². The zero-order valence-corrected chi connectivity index (χ0v) is 10.4. The van der Waals surface area contributed by atoms with E-state index >= 15 is 0 Å². The van der Waals surface area contributed by atoms with Crippen molar-refractivity contribution in [3.05, 3.63) is 33.9 Å². The minimum atomic E-state index is -0.488. The van der Waals surface area contributed by atoms with Crippen LogP contribution in [0.3, 0.4) is 0 Å². The number of nitrogens with one attached hydrogen (secondary N) is 1. The average Bonchev–Trinajstić information content (AvgIpc) is 2.76. The fourth-order valence-electron chi connectivity index (χ4n) is 1.34. The van der Waals surface area contributed by atoms with Crippen LogP contribution in [-0.2, 0) is 0 Å². The van der Waals surface area contributed by atoms with Crippen LogP contribution in [0.15, 0.2) is 18.2 Å². The normalized spacial score (nSPS) is 10.0. The van der Waals surface area contributed by atoms with E-state index in [1.54, 1.807) is 13.1 Å². The molecule has 1 aromatic carbocycles. The van der Waals surface area contributed by atoms with Crippen LogP contribution in [0.1, 0.15) is 4.88 Å². The maximum atomic E-state index is 13.0. The zero-order chi connectivity index (χ0) is 12.4. The molecule has 1 aromatic heterocycles. The number of nitriles is 1. The van der Waals surface area contributed by atoms with Crippen molar-refractivity contribution in [2.24, 2.45) is 0 Å². The molecule has 3 nitrogen and oxygen atoms in total. The maximum absolute atomic E-state index is 13.0. The highest BCUT2D eigenvalue weighted by molar-refractivity contribution is 7.16. The van der Waals surface area contributed by atoms with E-state index in [4.69, 9.17) is 16.9 Å². The van der Waals surface area contributed by atoms with Gasteiger partial charge in [-0.15, -0.1) is 0 Å². The first-order chi connectivity index (χ1) is 8.15. The number of nitrogens with zero attached hydrogens (tertiary/aromatic N) is 2. The number of hydrogen-bond donors (Lipinski definition) is 1. The number of anilines is 1. The predicted molar refractivity (Wildman–Crippen MR) is 66.8 cm³/mol. The summed E-state index contributed by atoms with van der Waals surface area (Å²) in [7, 11) is 1.72. The minimum Gasteiger partial charge on any atom is -0.365 e. The summed E-state index contributed by atoms with van der Waals surface area (Å²) in [6.45, 7) is 0. The summed E-state index contributed by atoms with van der Waals surface area (Å²) >= 11 is 6.95. The molecule has 0 bridgehead atoms. The van der Waals surface area contributed by atoms with Crippen molar-refractivity contribution in [3.8, 4) is 17.3 Å². The second-order valence-electron chi connectivity index (χ2n) is 3.19. The highest BCUT2D eigenvalue weighted by Gasteiger charge is 2.13. The predicted octanol–water partition coefficient (Wildman–Crippen LogP) is 3.52. The number of aromatic nitrogens is 1. The van der Waals surface area contributed by atoms with Gasteiger partial charge in [0.15, 0.2) is 5.13 Å². The largest absolute Gasteiger partial charge is 0.365 e. The Morgan fingerprint density at radius 3 is 2.88 bits per heavy atom. The number of halogens is 2. The van der Waals surface area contributed by atoms with Gasteiger partial charge >= 0.3 is 0 Å². The lowest BCUT2D eigenvalue weighted by Gasteiger charge is -1.99. The fraction of sp³-hybridized carbons (Fsp3) is 0.0909. The first kappa shape index (κ1) is 11.8. The standard InChI is InChI=1S/C11H7ClFN3S/c1-15-11-16-10(9(5-14)17-11)6-2-3-8(13)7(12)4-6/h2-4H,1H3,(H,15,16). The van der Waals surface area contributed by atoms with Crippen LogP contribution in [-0.4, -0.2) is 12.0 Å². The fourth-order valence-corrected chi connectivity index (χ4v) is 2.26. The average molecular weight is 268 g/mol. The Bertz CT molecular complexity index is 603. The Kier molecular flexibility index (Phi) is 3.27. The van der Waals surface area contributed by atoms with Crippen molar-refractivity contribution in [2.75, 3.05) is 12.4 Å². The van der Waals surface area contributed by atoms with E-state index in [1.165, 1.54) is 23.5 Å². The van der Waals surface area contributed by atoms with Gasteiger partial charge in [0.2, 0.25) is 0 Å². The van der Waals surface area contributed by atoms with Gasteiger partial charge in [0.05, 0.1) is 5.02 Å². The molecule has 0 saturated carbocycles. The zero-order valence-electron chi connectivity index (χ0n) is 8.79. The minimum absolute atomic E-state index is 0.0189. The van der Waals surface area contributed by atoms with Crippen molar-refractivity contribution in [1.29, 1.82) is 5.26 Å². The molecule has 0 unspecified atom stereocenters. The molecular formula is C11H7ClFN3S. The first-order valence-electron chi connectivity index (χ1n) is 4.70. The van der Waals surface area contributed by atoms with E-state index in [-0.39, 0.29) is 5.02 Å². The van der Waals surface area contributed by atoms with E-state index in [2.05, 4.69) is 16.4 Å². The third kappa shape index (κ3) is 2.23. The first-order valence-corrected chi connectivity index (χ1v) is 5.89. The van der Waals surface area contributed by atoms with Gasteiger partial charge in [0.1, 0.15) is 22.5 Å². The van der Waals surface area contributed by atoms with Gasteiger partial charge in [0.25, 0.3) is 0 Å². The van der Waals surface area contributed by atoms with Gasteiger partial charge in [-0.05, 0) is 18.2 Å². The summed E-state index contributed by atoms with van der Waals surface area (Å²) in [5.74, 6) is -0.488. The third-order valence-corrected chi connectivity index (χ3v) is 3.40. The van der Waals surface area contributed by atoms with E-state index in [1.807, 2.05) is 0 Å². The van der Waals surface area contributed by atoms with Gasteiger partial charge in [-0.1, -0.05) is 22.9 Å². The Morgan fingerprint density at radius 2 is 2.29 bits per heavy atom. The Morgan fingerprint density at radius 1 is 1.53 bits per heavy atom. The lowest BCUT2D eigenvalue weighted by molar-refractivity contribution is 0.628. The Balaban J connectivity index is 2.56. The van der Waals surface area contributed by atoms with Gasteiger partial charge in [-0.2, -0.15) is 5.26 Å². The second-order valence-corrected chi connectivity index (χ2v) is 4.59. The van der Waals surface area contributed by atoms with Crippen LogP contribution in [0, 0.1) is 17.1 Å². The highest BCUT2D eigenvalue weighted by Crippen LogP contribution is 2.32. The van der Waals surface area contributed by atoms with Crippen molar-refractivity contribution in [1.82, 2.24) is 4.98 Å². The second kappa shape index (κ2) is 4.70. The van der Waals surface area contributed by atoms with Gasteiger partial charge in [-0.3, -0.25) is 0 Å². The van der Waals surface area contributed by atoms with Crippen molar-refractivity contribution < 1.29 is 4.39 Å². The SMILES string of the molecule is CNc1nc(-c2ccc(F)c(Cl)c2)c(C#N)s1. The highest BCUT2D eigenvalue weighted by atomic mass is 35.5. The van der Waals surface area contributed by atoms with Crippen LogP contribution in [0.5, 0.6) is 0 Å². The van der Waals surface area contributed by atoms with Gasteiger partial charge in [0, 0.05) is 12.6 Å². The molecule has 2 aromatic rings. The summed E-state index contributed by atoms with van der Waals surface area (Å²) in [6, 6.07) is 6.34. The molecule has 1 N–H and O–H groups in total. The van der Waals surface area contributed by atoms with Crippen molar-refractivity contribution in [2.45, 2.75) is 0 Å². The molecule has 0 saturated heterocycles. The quantitative estimate of drug-likeness (QED) is 0.906. The van der Waals surface area contributed by atoms with Crippen LogP contribution in [0.4, 0.5) is 9.52 Å². The van der Waals surface area contributed by atoms with Crippen LogP contribution in [0.2, 0.25) is 5.02 Å². The molecule has 86 valence electrons. The Labute approximate surface area is 106 Å². The molecule has 0 amide bonds. The molecule has 17 heavy (non-hydrogen) atoms. The summed E-state index contributed by atoms with van der Waals surface area (Å²) in [6.07, 6.45) is 0. The molecule has 0 fully saturated rings. The molecular weight excluding hydrogens is 261 g/mol. The molecule has 0 aliphatic heterocycles. The molecule has 0 atom stereocenters. The summed E-state index contributed by atoms with van der Waals surface area (Å²) in [4.78, 5) is 4.71. The smallest absolute Gasteiger partial charge is 0.184 e. The molecule has 6 heteroatoms. The third-order valence-electron chi connectivity index (χ3n) is 2.14. The van der Waals surface area contributed by atoms with Crippen LogP contribution >= 0.6 is 22.9 Å². The topological polar surface area (TPSA) is 48.7 Å². The van der Waals surface area contributed by atoms with E-state index in [0.29, 0.717) is 21.3 Å². The molecule has 0 aliphatic rings. The molecule has 0 aliphatic carbocycles. The lowest BCUT2D eigenvalue weighted by atomic mass is 10.1. The molecule has 1 heterocycles. The van der Waals surface area contributed by atoms with Crippen molar-refractivity contribution >= 4 is 28.1 Å². The van der Waals surface area contributed by atoms with Crippen molar-refractivity contribution in [3.63, 3.8) is 0 Å². The Hall–Kier alpha value is -1.64. The maximum Gasteiger partial charge on any atom is 0.184 e. The van der Waals surface area contributed by atoms with E-state index in [0.717, 1.165) is 0 Å². The molecule has 0 radical (unpaired) electrons. The van der Waals surface area contributed by atoms with Crippen LogP contribution < -0.4 is 5.32 Å². The molecule has 0 spiro atoms. The van der Waals surface area contributed by atoms with E-state index < -0.39 is 5.82 Å². The van der Waals surface area contributed by atoms with E-state index in [9.17, 15) is 4.39 Å². The number of rotatable bonds is 2. The molecule has 2 rings (SSSR count). The number of thiazole rings is 1. The summed E-state index contributed by atoms with van der Waals surface area (Å²) in [5.41, 5.74) is 1.15. The number of benzene rings is 1. The summed E-state index contributed by atoms with van der Waals surface area (Å²) in [5, 5.41) is 12.5. The summed E-state index contributed by atoms with van der Waals surface area (Å²) < 4.78 is 13.0. The monoisotopic (exact) mass is 267 g/mol. The van der Waals surface area contributed by atoms with Gasteiger partial charge < -0.3 is 5.32 Å². The number of hydrogen-bond acceptors (Lipinski definition) is 4. The van der Waals surface area contributed by atoms with Gasteiger partial charge in [-0.25, -0.2) is 9.37 Å².